The fraction of sp³-hybridized carbons (Fsp3) is 0.375. The Balaban J connectivity index is 2.07. The number of carbonyl (C=O) groups excluding carboxylic acids is 1. The minimum Gasteiger partial charge on any atom is -0.382 e. The number of fused-ring (bicyclic) bond motifs is 1. The molecule has 22 heavy (non-hydrogen) atoms. The molecule has 6 heteroatoms. The molecule has 2 rings (SSSR count). The zero-order valence-corrected chi connectivity index (χ0v) is 12.9. The van der Waals surface area contributed by atoms with Crippen molar-refractivity contribution in [2.24, 2.45) is 7.05 Å². The predicted octanol–water partition coefficient (Wildman–Crippen LogP) is 2.09. The minimum atomic E-state index is -0.291. The van der Waals surface area contributed by atoms with Gasteiger partial charge in [-0.25, -0.2) is 4.79 Å². The Kier molecular flexibility index (Phi) is 5.55. The van der Waals surface area contributed by atoms with Gasteiger partial charge in [-0.05, 0) is 19.4 Å². The van der Waals surface area contributed by atoms with E-state index in [-0.39, 0.29) is 11.6 Å². The monoisotopic (exact) mass is 303 g/mol. The van der Waals surface area contributed by atoms with E-state index in [1.807, 2.05) is 19.1 Å². The Morgan fingerprint density at radius 2 is 2.00 bits per heavy atom. The Bertz CT molecular complexity index is 709. The third-order valence-electron chi connectivity index (χ3n) is 3.29. The number of nitrogens with zero attached hydrogens (tertiary/aromatic N) is 1. The SMILES string of the molecule is CCOCCCNC(=O)Nc1cn(C)c(=O)c2ccccc12. The number of ether oxygens (including phenoxy) is 1. The lowest BCUT2D eigenvalue weighted by Crippen LogP contribution is -2.31. The molecule has 0 radical (unpaired) electrons. The van der Waals surface area contributed by atoms with Crippen LogP contribution in [0.2, 0.25) is 0 Å². The Labute approximate surface area is 129 Å². The standard InChI is InChI=1S/C16H21N3O3/c1-3-22-10-6-9-17-16(21)18-14-11-19(2)15(20)13-8-5-4-7-12(13)14/h4-5,7-8,11H,3,6,9-10H2,1-2H3,(H2,17,18,21). The first-order chi connectivity index (χ1) is 10.6. The van der Waals surface area contributed by atoms with Gasteiger partial charge in [-0.2, -0.15) is 0 Å². The number of nitrogens with one attached hydrogen (secondary N) is 2. The molecule has 2 N–H and O–H groups in total. The zero-order valence-electron chi connectivity index (χ0n) is 12.9. The number of pyridine rings is 1. The number of benzene rings is 1. The van der Waals surface area contributed by atoms with Gasteiger partial charge in [0, 0.05) is 43.8 Å². The number of hydrogen-bond acceptors (Lipinski definition) is 3. The molecule has 1 aromatic carbocycles. The Hall–Kier alpha value is -2.34. The molecule has 0 bridgehead atoms. The predicted molar refractivity (Wildman–Crippen MR) is 87.3 cm³/mol. The molecule has 0 saturated heterocycles. The van der Waals surface area contributed by atoms with E-state index in [1.54, 1.807) is 25.4 Å². The molecule has 118 valence electrons. The Morgan fingerprint density at radius 3 is 2.73 bits per heavy atom. The second kappa shape index (κ2) is 7.61. The summed E-state index contributed by atoms with van der Waals surface area (Å²) in [6.45, 7) is 3.77. The second-order valence-corrected chi connectivity index (χ2v) is 4.94. The number of aryl methyl sites for hydroxylation is 1. The number of rotatable bonds is 6. The van der Waals surface area contributed by atoms with Crippen LogP contribution in [0.25, 0.3) is 10.8 Å². The maximum atomic E-state index is 12.1. The lowest BCUT2D eigenvalue weighted by atomic mass is 10.1. The van der Waals surface area contributed by atoms with Gasteiger partial charge in [0.1, 0.15) is 0 Å². The normalized spacial score (nSPS) is 10.6. The summed E-state index contributed by atoms with van der Waals surface area (Å²) < 4.78 is 6.68. The first-order valence-electron chi connectivity index (χ1n) is 7.34. The number of carbonyl (C=O) groups is 1. The van der Waals surface area contributed by atoms with Crippen molar-refractivity contribution in [2.45, 2.75) is 13.3 Å². The van der Waals surface area contributed by atoms with Crippen LogP contribution in [-0.4, -0.2) is 30.4 Å². The smallest absolute Gasteiger partial charge is 0.319 e. The van der Waals surface area contributed by atoms with Gasteiger partial charge in [0.25, 0.3) is 5.56 Å². The van der Waals surface area contributed by atoms with Crippen molar-refractivity contribution < 1.29 is 9.53 Å². The van der Waals surface area contributed by atoms with Crippen molar-refractivity contribution in [1.29, 1.82) is 0 Å². The molecule has 0 spiro atoms. The van der Waals surface area contributed by atoms with Crippen molar-refractivity contribution in [3.63, 3.8) is 0 Å². The van der Waals surface area contributed by atoms with Gasteiger partial charge in [-0.3, -0.25) is 4.79 Å². The van der Waals surface area contributed by atoms with Crippen LogP contribution in [0.1, 0.15) is 13.3 Å². The second-order valence-electron chi connectivity index (χ2n) is 4.94. The summed E-state index contributed by atoms with van der Waals surface area (Å²) in [5, 5.41) is 6.88. The number of hydrogen-bond donors (Lipinski definition) is 2. The van der Waals surface area contributed by atoms with Crippen LogP contribution in [0.3, 0.4) is 0 Å². The molecule has 1 aromatic heterocycles. The maximum absolute atomic E-state index is 12.1. The molecule has 0 aliphatic heterocycles. The largest absolute Gasteiger partial charge is 0.382 e. The van der Waals surface area contributed by atoms with Crippen molar-refractivity contribution >= 4 is 22.5 Å². The number of urea groups is 1. The average Bonchev–Trinajstić information content (AvgIpc) is 2.52. The summed E-state index contributed by atoms with van der Waals surface area (Å²) in [6.07, 6.45) is 2.39. The van der Waals surface area contributed by atoms with Crippen LogP contribution >= 0.6 is 0 Å². The number of aromatic nitrogens is 1. The van der Waals surface area contributed by atoms with Gasteiger partial charge in [-0.15, -0.1) is 0 Å². The van der Waals surface area contributed by atoms with E-state index in [9.17, 15) is 9.59 Å². The fourth-order valence-corrected chi connectivity index (χ4v) is 2.20. The van der Waals surface area contributed by atoms with E-state index >= 15 is 0 Å². The molecule has 6 nitrogen and oxygen atoms in total. The molecule has 0 aliphatic rings. The highest BCUT2D eigenvalue weighted by Crippen LogP contribution is 2.19. The lowest BCUT2D eigenvalue weighted by molar-refractivity contribution is 0.145. The number of amides is 2. The van der Waals surface area contributed by atoms with Gasteiger partial charge in [0.15, 0.2) is 0 Å². The Morgan fingerprint density at radius 1 is 1.27 bits per heavy atom. The minimum absolute atomic E-state index is 0.0849. The first kappa shape index (κ1) is 16.0. The van der Waals surface area contributed by atoms with Crippen LogP contribution < -0.4 is 16.2 Å². The molecular formula is C16H21N3O3. The summed E-state index contributed by atoms with van der Waals surface area (Å²) in [5.74, 6) is 0. The van der Waals surface area contributed by atoms with Crippen molar-refractivity contribution in [1.82, 2.24) is 9.88 Å². The molecule has 2 aromatic rings. The van der Waals surface area contributed by atoms with Crippen LogP contribution in [0, 0.1) is 0 Å². The molecule has 1 heterocycles. The highest BCUT2D eigenvalue weighted by molar-refractivity contribution is 6.00. The summed E-state index contributed by atoms with van der Waals surface area (Å²) in [6, 6.07) is 6.93. The summed E-state index contributed by atoms with van der Waals surface area (Å²) in [5.41, 5.74) is 0.526. The van der Waals surface area contributed by atoms with E-state index in [2.05, 4.69) is 10.6 Å². The fourth-order valence-electron chi connectivity index (χ4n) is 2.20. The van der Waals surface area contributed by atoms with Gasteiger partial charge < -0.3 is 19.9 Å². The van der Waals surface area contributed by atoms with Gasteiger partial charge >= 0.3 is 6.03 Å². The van der Waals surface area contributed by atoms with Gasteiger partial charge in [0.05, 0.1) is 5.69 Å². The highest BCUT2D eigenvalue weighted by atomic mass is 16.5. The van der Waals surface area contributed by atoms with Gasteiger partial charge in [-0.1, -0.05) is 18.2 Å². The lowest BCUT2D eigenvalue weighted by Gasteiger charge is -2.11. The third-order valence-corrected chi connectivity index (χ3v) is 3.29. The van der Waals surface area contributed by atoms with Crippen LogP contribution in [-0.2, 0) is 11.8 Å². The molecule has 2 amide bonds. The molecule has 0 aliphatic carbocycles. The van der Waals surface area contributed by atoms with E-state index in [1.165, 1.54) is 4.57 Å². The average molecular weight is 303 g/mol. The topological polar surface area (TPSA) is 72.4 Å². The van der Waals surface area contributed by atoms with E-state index in [4.69, 9.17) is 4.74 Å². The van der Waals surface area contributed by atoms with Crippen LogP contribution in [0.4, 0.5) is 10.5 Å². The maximum Gasteiger partial charge on any atom is 0.319 e. The molecule has 0 saturated carbocycles. The highest BCUT2D eigenvalue weighted by Gasteiger charge is 2.09. The van der Waals surface area contributed by atoms with Crippen LogP contribution in [0.5, 0.6) is 0 Å². The van der Waals surface area contributed by atoms with E-state index < -0.39 is 0 Å². The summed E-state index contributed by atoms with van der Waals surface area (Å²) in [4.78, 5) is 24.0. The molecule has 0 atom stereocenters. The van der Waals surface area contributed by atoms with Crippen LogP contribution in [0.15, 0.2) is 35.3 Å². The number of anilines is 1. The van der Waals surface area contributed by atoms with Gasteiger partial charge in [0.2, 0.25) is 0 Å². The van der Waals surface area contributed by atoms with E-state index in [0.717, 1.165) is 11.8 Å². The molecule has 0 fully saturated rings. The van der Waals surface area contributed by atoms with Crippen molar-refractivity contribution in [3.8, 4) is 0 Å². The molecular weight excluding hydrogens is 282 g/mol. The quantitative estimate of drug-likeness (QED) is 0.803. The van der Waals surface area contributed by atoms with Crippen molar-refractivity contribution in [2.75, 3.05) is 25.1 Å². The first-order valence-corrected chi connectivity index (χ1v) is 7.34. The summed E-state index contributed by atoms with van der Waals surface area (Å²) >= 11 is 0. The summed E-state index contributed by atoms with van der Waals surface area (Å²) in [7, 11) is 1.67. The zero-order chi connectivity index (χ0) is 15.9. The van der Waals surface area contributed by atoms with E-state index in [0.29, 0.717) is 30.8 Å². The van der Waals surface area contributed by atoms with Crippen molar-refractivity contribution in [3.05, 3.63) is 40.8 Å². The third kappa shape index (κ3) is 3.85. The molecule has 0 unspecified atom stereocenters.